The first-order chi connectivity index (χ1) is 22.4. The molecule has 0 spiro atoms. The number of nitrogens with zero attached hydrogens (tertiary/aromatic N) is 3. The average molecular weight is 676 g/mol. The monoisotopic (exact) mass is 675 g/mol. The number of alkyl halides is 2. The summed E-state index contributed by atoms with van der Waals surface area (Å²) < 4.78 is 68.3. The second-order valence-corrected chi connectivity index (χ2v) is 12.0. The molecule has 2 aromatic heterocycles. The van der Waals surface area contributed by atoms with Crippen LogP contribution in [0, 0.1) is 17.6 Å². The first-order valence-corrected chi connectivity index (χ1v) is 15.3. The van der Waals surface area contributed by atoms with Crippen LogP contribution in [0.25, 0.3) is 22.2 Å². The molecule has 2 aromatic carbocycles. The number of pyridine rings is 1. The average Bonchev–Trinajstić information content (AvgIpc) is 3.97. The molecule has 2 aliphatic rings. The van der Waals surface area contributed by atoms with Crippen LogP contribution in [0.5, 0.6) is 11.5 Å². The van der Waals surface area contributed by atoms with Gasteiger partial charge in [0.05, 0.1) is 31.4 Å². The zero-order valence-corrected chi connectivity index (χ0v) is 25.8. The van der Waals surface area contributed by atoms with Crippen LogP contribution in [-0.2, 0) is 16.8 Å². The third-order valence-corrected chi connectivity index (χ3v) is 8.43. The van der Waals surface area contributed by atoms with Gasteiger partial charge in [0.25, 0.3) is 5.91 Å². The highest BCUT2D eigenvalue weighted by atomic mass is 35.5. The molecule has 0 bridgehead atoms. The third kappa shape index (κ3) is 6.57. The van der Waals surface area contributed by atoms with Crippen molar-refractivity contribution in [2.24, 2.45) is 11.7 Å². The number of rotatable bonds is 13. The topological polar surface area (TPSA) is 142 Å². The molecule has 0 radical (unpaired) electrons. The lowest BCUT2D eigenvalue weighted by Crippen LogP contribution is -2.43. The second kappa shape index (κ2) is 12.6. The van der Waals surface area contributed by atoms with E-state index in [4.69, 9.17) is 26.8 Å². The number of carbonyl (C=O) groups excluding carboxylic acids is 2. The zero-order valence-electron chi connectivity index (χ0n) is 25.0. The number of ether oxygens (including phenoxy) is 2. The van der Waals surface area contributed by atoms with Gasteiger partial charge in [-0.2, -0.15) is 13.9 Å². The molecule has 0 aliphatic heterocycles. The molecule has 2 saturated carbocycles. The number of primary amides is 1. The van der Waals surface area contributed by atoms with Crippen molar-refractivity contribution in [3.8, 4) is 22.8 Å². The smallest absolute Gasteiger partial charge is 0.333 e. The molecule has 47 heavy (non-hydrogen) atoms. The quantitative estimate of drug-likeness (QED) is 0.127. The number of benzene rings is 2. The first-order valence-electron chi connectivity index (χ1n) is 15.0. The van der Waals surface area contributed by atoms with E-state index in [1.165, 1.54) is 18.2 Å². The van der Waals surface area contributed by atoms with Crippen molar-refractivity contribution in [3.05, 3.63) is 70.0 Å². The highest BCUT2D eigenvalue weighted by molar-refractivity contribution is 6.31. The fourth-order valence-electron chi connectivity index (χ4n) is 5.45. The Morgan fingerprint density at radius 3 is 2.57 bits per heavy atom. The number of fused-ring (bicyclic) bond motifs is 1. The molecular formula is C32H30ClF4N5O5. The van der Waals surface area contributed by atoms with Crippen LogP contribution in [0.4, 0.5) is 17.6 Å². The highest BCUT2D eigenvalue weighted by Gasteiger charge is 2.47. The largest absolute Gasteiger partial charge is 0.491 e. The van der Waals surface area contributed by atoms with Crippen molar-refractivity contribution in [1.82, 2.24) is 20.1 Å². The van der Waals surface area contributed by atoms with Gasteiger partial charge in [0, 0.05) is 28.3 Å². The van der Waals surface area contributed by atoms with Crippen LogP contribution in [-0.4, -0.2) is 50.9 Å². The lowest BCUT2D eigenvalue weighted by Gasteiger charge is -2.30. The molecule has 6 rings (SSSR count). The van der Waals surface area contributed by atoms with Crippen LogP contribution in [0.3, 0.4) is 0 Å². The summed E-state index contributed by atoms with van der Waals surface area (Å²) >= 11 is 5.87. The molecule has 2 amide bonds. The van der Waals surface area contributed by atoms with E-state index in [1.807, 2.05) is 0 Å². The molecule has 0 unspecified atom stereocenters. The SMILES string of the molecule is CCOc1c(CC(N)=O)cc([C@@](O)(CNC(=O)c2cc(OC3CC3)c3nn(C(F)F)cc3c2)C2CC2)nc1-c1ccc(F)c(Cl)c1F. The van der Waals surface area contributed by atoms with Gasteiger partial charge in [-0.15, -0.1) is 0 Å². The van der Waals surface area contributed by atoms with Crippen molar-refractivity contribution in [1.29, 1.82) is 0 Å². The van der Waals surface area contributed by atoms with Gasteiger partial charge in [0.1, 0.15) is 39.2 Å². The van der Waals surface area contributed by atoms with Crippen LogP contribution >= 0.6 is 11.6 Å². The molecule has 15 heteroatoms. The summed E-state index contributed by atoms with van der Waals surface area (Å²) in [7, 11) is 0. The van der Waals surface area contributed by atoms with Crippen LogP contribution in [0.15, 0.2) is 36.5 Å². The fraction of sp³-hybridized carbons (Fsp3) is 0.375. The first kappa shape index (κ1) is 32.5. The number of aromatic nitrogens is 3. The van der Waals surface area contributed by atoms with Gasteiger partial charge in [0.15, 0.2) is 5.82 Å². The van der Waals surface area contributed by atoms with Crippen molar-refractivity contribution in [3.63, 3.8) is 0 Å². The van der Waals surface area contributed by atoms with Gasteiger partial charge >= 0.3 is 6.55 Å². The van der Waals surface area contributed by atoms with E-state index in [0.29, 0.717) is 17.5 Å². The van der Waals surface area contributed by atoms with Gasteiger partial charge in [-0.1, -0.05) is 11.6 Å². The number of carbonyl (C=O) groups is 2. The molecule has 2 aliphatic carbocycles. The van der Waals surface area contributed by atoms with Gasteiger partial charge < -0.3 is 25.6 Å². The van der Waals surface area contributed by atoms with Gasteiger partial charge in [-0.3, -0.25) is 9.59 Å². The van der Waals surface area contributed by atoms with E-state index in [2.05, 4.69) is 15.4 Å². The minimum Gasteiger partial charge on any atom is -0.491 e. The Balaban J connectivity index is 1.38. The molecule has 4 aromatic rings. The summed E-state index contributed by atoms with van der Waals surface area (Å²) in [5.41, 5.74) is 3.75. The number of halogens is 5. The lowest BCUT2D eigenvalue weighted by molar-refractivity contribution is -0.117. The molecule has 4 N–H and O–H groups in total. The summed E-state index contributed by atoms with van der Waals surface area (Å²) in [6.45, 7) is -1.52. The number of nitrogens with one attached hydrogen (secondary N) is 1. The summed E-state index contributed by atoms with van der Waals surface area (Å²) in [6.07, 6.45) is 3.34. The predicted octanol–water partition coefficient (Wildman–Crippen LogP) is 5.42. The molecule has 10 nitrogen and oxygen atoms in total. The Hall–Kier alpha value is -4.43. The molecule has 248 valence electrons. The number of hydrogen-bond donors (Lipinski definition) is 3. The Labute approximate surface area is 270 Å². The van der Waals surface area contributed by atoms with E-state index in [1.54, 1.807) is 6.92 Å². The normalized spacial score (nSPS) is 15.9. The fourth-order valence-corrected chi connectivity index (χ4v) is 5.62. The van der Waals surface area contributed by atoms with E-state index in [9.17, 15) is 27.9 Å². The summed E-state index contributed by atoms with van der Waals surface area (Å²) in [5.74, 6) is -3.71. The maximum atomic E-state index is 15.3. The summed E-state index contributed by atoms with van der Waals surface area (Å²) in [6, 6.07) is 6.29. The standard InChI is InChI=1S/C32H30ClF4N5O5/c1-2-46-29-15(12-24(38)43)11-23(40-28(29)20-7-8-21(34)25(33)26(20)35)32(45,18-3-4-18)14-39-30(44)16-9-17-13-42(31(36)37)41-27(17)22(10-16)47-19-5-6-19/h7-11,13,18-19,31,45H,2-6,12,14H2,1H3,(H2,38,43)(H,39,44)/t32-/m1/s1. The Morgan fingerprint density at radius 2 is 1.94 bits per heavy atom. The molecular weight excluding hydrogens is 646 g/mol. The van der Waals surface area contributed by atoms with Crippen LogP contribution < -0.4 is 20.5 Å². The third-order valence-electron chi connectivity index (χ3n) is 8.08. The molecule has 1 atom stereocenters. The molecule has 2 heterocycles. The zero-order chi connectivity index (χ0) is 33.6. The summed E-state index contributed by atoms with van der Waals surface area (Å²) in [4.78, 5) is 30.1. The van der Waals surface area contributed by atoms with Crippen molar-refractivity contribution < 1.29 is 41.7 Å². The predicted molar refractivity (Wildman–Crippen MR) is 162 cm³/mol. The number of hydrogen-bond acceptors (Lipinski definition) is 7. The molecule has 0 saturated heterocycles. The van der Waals surface area contributed by atoms with Crippen molar-refractivity contribution in [2.75, 3.05) is 13.2 Å². The van der Waals surface area contributed by atoms with Crippen molar-refractivity contribution >= 4 is 34.3 Å². The Bertz CT molecular complexity index is 1880. The minimum atomic E-state index is -2.90. The molecule has 2 fully saturated rings. The number of nitrogens with two attached hydrogens (primary N) is 1. The van der Waals surface area contributed by atoms with Crippen LogP contribution in [0.2, 0.25) is 5.02 Å². The highest BCUT2D eigenvalue weighted by Crippen LogP contribution is 2.47. The van der Waals surface area contributed by atoms with E-state index >= 15 is 4.39 Å². The van der Waals surface area contributed by atoms with Gasteiger partial charge in [0.2, 0.25) is 5.91 Å². The van der Waals surface area contributed by atoms with Gasteiger partial charge in [-0.05, 0) is 68.9 Å². The van der Waals surface area contributed by atoms with E-state index in [0.717, 1.165) is 31.2 Å². The number of aliphatic hydroxyl groups is 1. The van der Waals surface area contributed by atoms with E-state index < -0.39 is 40.6 Å². The number of amides is 2. The Kier molecular flexibility index (Phi) is 8.74. The van der Waals surface area contributed by atoms with Gasteiger partial charge in [-0.25, -0.2) is 18.4 Å². The van der Waals surface area contributed by atoms with E-state index in [-0.39, 0.29) is 82.1 Å². The second-order valence-electron chi connectivity index (χ2n) is 11.6. The maximum absolute atomic E-state index is 15.3. The lowest BCUT2D eigenvalue weighted by atomic mass is 9.90. The summed E-state index contributed by atoms with van der Waals surface area (Å²) in [5, 5.41) is 18.2. The Morgan fingerprint density at radius 1 is 1.19 bits per heavy atom. The van der Waals surface area contributed by atoms with Crippen LogP contribution in [0.1, 0.15) is 60.8 Å². The maximum Gasteiger partial charge on any atom is 0.333 e. The van der Waals surface area contributed by atoms with Crippen molar-refractivity contribution in [2.45, 2.75) is 57.3 Å². The minimum absolute atomic E-state index is 0.000328.